The number of ether oxygens (including phenoxy) is 1. The monoisotopic (exact) mass is 441 g/mol. The lowest BCUT2D eigenvalue weighted by Gasteiger charge is -2.21. The molecule has 0 spiro atoms. The Morgan fingerprint density at radius 3 is 2.83 bits per heavy atom. The summed E-state index contributed by atoms with van der Waals surface area (Å²) < 4.78 is 5.70. The largest absolute Gasteiger partial charge is 0.493 e. The predicted octanol–water partition coefficient (Wildman–Crippen LogP) is 5.64. The molecule has 1 amide bonds. The molecule has 0 atom stereocenters. The third-order valence-electron chi connectivity index (χ3n) is 4.99. The lowest BCUT2D eigenvalue weighted by Crippen LogP contribution is -2.21. The van der Waals surface area contributed by atoms with E-state index in [1.807, 2.05) is 54.8 Å². The van der Waals surface area contributed by atoms with Crippen molar-refractivity contribution in [2.75, 3.05) is 29.9 Å². The average molecular weight is 442 g/mol. The van der Waals surface area contributed by atoms with Gasteiger partial charge >= 0.3 is 0 Å². The normalized spacial score (nSPS) is 13.5. The number of hydrogen-bond donors (Lipinski definition) is 1. The number of carbonyl (C=O) groups is 1. The van der Waals surface area contributed by atoms with Crippen molar-refractivity contribution in [2.24, 2.45) is 0 Å². The molecule has 3 aromatic rings. The van der Waals surface area contributed by atoms with E-state index >= 15 is 0 Å². The van der Waals surface area contributed by atoms with E-state index in [9.17, 15) is 4.79 Å². The van der Waals surface area contributed by atoms with Crippen molar-refractivity contribution >= 4 is 40.2 Å². The topological polar surface area (TPSA) is 54.5 Å². The van der Waals surface area contributed by atoms with Crippen molar-refractivity contribution in [3.05, 3.63) is 58.6 Å². The van der Waals surface area contributed by atoms with Crippen LogP contribution in [0.5, 0.6) is 5.75 Å². The molecule has 2 heterocycles. The fourth-order valence-corrected chi connectivity index (χ4v) is 4.66. The third-order valence-corrected chi connectivity index (χ3v) is 6.15. The third kappa shape index (κ3) is 4.77. The fraction of sp³-hybridized carbons (Fsp3) is 0.304. The summed E-state index contributed by atoms with van der Waals surface area (Å²) in [6, 6.07) is 13.5. The number of amides is 1. The Morgan fingerprint density at radius 1 is 1.23 bits per heavy atom. The van der Waals surface area contributed by atoms with Crippen LogP contribution in [0.25, 0.3) is 10.6 Å². The van der Waals surface area contributed by atoms with E-state index in [4.69, 9.17) is 16.3 Å². The van der Waals surface area contributed by atoms with Crippen LogP contribution in [0.1, 0.15) is 25.5 Å². The summed E-state index contributed by atoms with van der Waals surface area (Å²) in [6.07, 6.45) is 2.54. The Balaban J connectivity index is 1.48. The van der Waals surface area contributed by atoms with E-state index in [1.54, 1.807) is 0 Å². The SMILES string of the molecule is CCOc1ccccc1-c1nc(CC(=O)Nc2cc(Cl)ccc2N2CCCC2)cs1. The van der Waals surface area contributed by atoms with E-state index < -0.39 is 0 Å². The molecule has 0 bridgehead atoms. The van der Waals surface area contributed by atoms with Crippen LogP contribution >= 0.6 is 22.9 Å². The van der Waals surface area contributed by atoms with Crippen LogP contribution < -0.4 is 15.0 Å². The van der Waals surface area contributed by atoms with Crippen molar-refractivity contribution in [1.82, 2.24) is 4.98 Å². The molecule has 7 heteroatoms. The predicted molar refractivity (Wildman–Crippen MR) is 124 cm³/mol. The molecule has 1 saturated heterocycles. The molecular weight excluding hydrogens is 418 g/mol. The first kappa shape index (κ1) is 20.7. The van der Waals surface area contributed by atoms with E-state index in [2.05, 4.69) is 15.2 Å². The molecule has 0 unspecified atom stereocenters. The second-order valence-corrected chi connectivity index (χ2v) is 8.45. The van der Waals surface area contributed by atoms with Crippen molar-refractivity contribution in [3.63, 3.8) is 0 Å². The van der Waals surface area contributed by atoms with Gasteiger partial charge in [-0.2, -0.15) is 0 Å². The number of thiazole rings is 1. The van der Waals surface area contributed by atoms with Gasteiger partial charge in [-0.1, -0.05) is 23.7 Å². The average Bonchev–Trinajstić information content (AvgIpc) is 3.41. The van der Waals surface area contributed by atoms with Gasteiger partial charge in [-0.25, -0.2) is 4.98 Å². The van der Waals surface area contributed by atoms with Gasteiger partial charge < -0.3 is 15.0 Å². The fourth-order valence-electron chi connectivity index (χ4n) is 3.64. The molecule has 1 aliphatic heterocycles. The zero-order chi connectivity index (χ0) is 20.9. The molecule has 1 aromatic heterocycles. The van der Waals surface area contributed by atoms with Crippen LogP contribution in [-0.2, 0) is 11.2 Å². The lowest BCUT2D eigenvalue weighted by molar-refractivity contribution is -0.115. The summed E-state index contributed by atoms with van der Waals surface area (Å²) in [4.78, 5) is 19.7. The Labute approximate surface area is 185 Å². The van der Waals surface area contributed by atoms with Gasteiger partial charge in [0.15, 0.2) is 0 Å². The Hall–Kier alpha value is -2.57. The summed E-state index contributed by atoms with van der Waals surface area (Å²) in [7, 11) is 0. The van der Waals surface area contributed by atoms with E-state index in [0.29, 0.717) is 11.6 Å². The molecule has 0 radical (unpaired) electrons. The van der Waals surface area contributed by atoms with Crippen molar-refractivity contribution < 1.29 is 9.53 Å². The van der Waals surface area contributed by atoms with Gasteiger partial charge in [0.2, 0.25) is 5.91 Å². The van der Waals surface area contributed by atoms with Crippen molar-refractivity contribution in [2.45, 2.75) is 26.2 Å². The van der Waals surface area contributed by atoms with Crippen LogP contribution in [0, 0.1) is 0 Å². The smallest absolute Gasteiger partial charge is 0.230 e. The molecule has 4 rings (SSSR count). The number of rotatable bonds is 7. The number of para-hydroxylation sites is 1. The van der Waals surface area contributed by atoms with Gasteiger partial charge in [0.25, 0.3) is 0 Å². The molecule has 2 aromatic carbocycles. The minimum absolute atomic E-state index is 0.104. The van der Waals surface area contributed by atoms with Gasteiger partial charge in [-0.05, 0) is 50.1 Å². The number of halogens is 1. The van der Waals surface area contributed by atoms with Gasteiger partial charge in [0.1, 0.15) is 10.8 Å². The van der Waals surface area contributed by atoms with Crippen LogP contribution in [0.15, 0.2) is 47.8 Å². The molecule has 30 heavy (non-hydrogen) atoms. The number of anilines is 2. The van der Waals surface area contributed by atoms with Crippen LogP contribution in [0.3, 0.4) is 0 Å². The van der Waals surface area contributed by atoms with Crippen molar-refractivity contribution in [3.8, 4) is 16.3 Å². The number of nitrogens with zero attached hydrogens (tertiary/aromatic N) is 2. The molecular formula is C23H24ClN3O2S. The zero-order valence-corrected chi connectivity index (χ0v) is 18.4. The lowest BCUT2D eigenvalue weighted by atomic mass is 10.2. The quantitative estimate of drug-likeness (QED) is 0.515. The number of aromatic nitrogens is 1. The maximum Gasteiger partial charge on any atom is 0.230 e. The summed E-state index contributed by atoms with van der Waals surface area (Å²) in [6.45, 7) is 4.55. The highest BCUT2D eigenvalue weighted by Crippen LogP contribution is 2.33. The van der Waals surface area contributed by atoms with Crippen LogP contribution in [-0.4, -0.2) is 30.6 Å². The van der Waals surface area contributed by atoms with E-state index in [0.717, 1.165) is 46.5 Å². The molecule has 0 aliphatic carbocycles. The molecule has 1 fully saturated rings. The second kappa shape index (κ2) is 9.49. The highest BCUT2D eigenvalue weighted by molar-refractivity contribution is 7.13. The minimum atomic E-state index is -0.104. The van der Waals surface area contributed by atoms with Gasteiger partial charge in [-0.15, -0.1) is 11.3 Å². The highest BCUT2D eigenvalue weighted by Gasteiger charge is 2.18. The molecule has 5 nitrogen and oxygen atoms in total. The summed E-state index contributed by atoms with van der Waals surface area (Å²) in [5.41, 5.74) is 3.46. The summed E-state index contributed by atoms with van der Waals surface area (Å²) >= 11 is 7.70. The Kier molecular flexibility index (Phi) is 6.55. The van der Waals surface area contributed by atoms with Crippen molar-refractivity contribution in [1.29, 1.82) is 0 Å². The summed E-state index contributed by atoms with van der Waals surface area (Å²) in [5.74, 6) is 0.701. The number of nitrogens with one attached hydrogen (secondary N) is 1. The molecule has 1 aliphatic rings. The molecule has 0 saturated carbocycles. The first-order chi connectivity index (χ1) is 14.6. The maximum atomic E-state index is 12.7. The van der Waals surface area contributed by atoms with E-state index in [-0.39, 0.29) is 12.3 Å². The maximum absolute atomic E-state index is 12.7. The number of benzene rings is 2. The number of carbonyl (C=O) groups excluding carboxylic acids is 1. The van der Waals surface area contributed by atoms with Crippen LogP contribution in [0.4, 0.5) is 11.4 Å². The zero-order valence-electron chi connectivity index (χ0n) is 16.9. The first-order valence-corrected chi connectivity index (χ1v) is 11.4. The first-order valence-electron chi connectivity index (χ1n) is 10.1. The van der Waals surface area contributed by atoms with Crippen LogP contribution in [0.2, 0.25) is 5.02 Å². The highest BCUT2D eigenvalue weighted by atomic mass is 35.5. The molecule has 156 valence electrons. The standard InChI is InChI=1S/C23H24ClN3O2S/c1-2-29-21-8-4-3-7-18(21)23-25-17(15-30-23)14-22(28)26-19-13-16(24)9-10-20(19)27-11-5-6-12-27/h3-4,7-10,13,15H,2,5-6,11-12,14H2,1H3,(H,26,28). The second-order valence-electron chi connectivity index (χ2n) is 7.15. The Bertz CT molecular complexity index is 1030. The Morgan fingerprint density at radius 2 is 2.03 bits per heavy atom. The number of hydrogen-bond acceptors (Lipinski definition) is 5. The summed E-state index contributed by atoms with van der Waals surface area (Å²) in [5, 5.41) is 6.42. The van der Waals surface area contributed by atoms with E-state index in [1.165, 1.54) is 24.2 Å². The minimum Gasteiger partial charge on any atom is -0.493 e. The van der Waals surface area contributed by atoms with Gasteiger partial charge in [-0.3, -0.25) is 4.79 Å². The van der Waals surface area contributed by atoms with Gasteiger partial charge in [0.05, 0.1) is 35.7 Å². The van der Waals surface area contributed by atoms with Gasteiger partial charge in [0, 0.05) is 23.5 Å². The molecule has 1 N–H and O–H groups in total.